The van der Waals surface area contributed by atoms with Crippen LogP contribution >= 0.6 is 11.8 Å². The Hall–Kier alpha value is -3.18. The van der Waals surface area contributed by atoms with Gasteiger partial charge in [-0.05, 0) is 48.0 Å². The fourth-order valence-corrected chi connectivity index (χ4v) is 2.61. The Kier molecular flexibility index (Phi) is 7.08. The number of nitriles is 1. The first kappa shape index (κ1) is 20.1. The first-order valence-electron chi connectivity index (χ1n) is 7.73. The second kappa shape index (κ2) is 9.50. The monoisotopic (exact) mass is 387 g/mol. The third-order valence-electron chi connectivity index (χ3n) is 3.41. The lowest BCUT2D eigenvalue weighted by Crippen LogP contribution is -2.17. The van der Waals surface area contributed by atoms with Crippen LogP contribution in [0.2, 0.25) is 0 Å². The number of halogens is 2. The maximum atomic E-state index is 12.3. The number of amides is 2. The zero-order valence-corrected chi connectivity index (χ0v) is 15.0. The Labute approximate surface area is 159 Å². The van der Waals surface area contributed by atoms with Crippen LogP contribution in [0.4, 0.5) is 14.5 Å². The zero-order chi connectivity index (χ0) is 19.8. The summed E-state index contributed by atoms with van der Waals surface area (Å²) in [6.07, 6.45) is 1.39. The molecule has 0 aliphatic carbocycles. The van der Waals surface area contributed by atoms with Gasteiger partial charge in [0.25, 0.3) is 17.6 Å². The molecule has 0 saturated carbocycles. The van der Waals surface area contributed by atoms with Crippen molar-refractivity contribution in [3.05, 3.63) is 65.2 Å². The minimum atomic E-state index is -2.52. The minimum Gasteiger partial charge on any atom is -0.355 e. The molecule has 0 unspecified atom stereocenters. The van der Waals surface area contributed by atoms with Gasteiger partial charge in [0.2, 0.25) is 0 Å². The van der Waals surface area contributed by atoms with Gasteiger partial charge in [-0.2, -0.15) is 14.0 Å². The second-order valence-electron chi connectivity index (χ2n) is 5.23. The van der Waals surface area contributed by atoms with Crippen LogP contribution in [0.25, 0.3) is 6.08 Å². The van der Waals surface area contributed by atoms with E-state index in [4.69, 9.17) is 0 Å². The first-order chi connectivity index (χ1) is 12.9. The van der Waals surface area contributed by atoms with Crippen LogP contribution in [-0.4, -0.2) is 24.6 Å². The topological polar surface area (TPSA) is 82.0 Å². The number of nitrogens with zero attached hydrogens (tertiary/aromatic N) is 1. The molecule has 0 saturated heterocycles. The van der Waals surface area contributed by atoms with E-state index in [1.807, 2.05) is 6.07 Å². The number of anilines is 1. The van der Waals surface area contributed by atoms with E-state index < -0.39 is 11.7 Å². The molecule has 0 aliphatic rings. The predicted octanol–water partition coefficient (Wildman–Crippen LogP) is 3.91. The predicted molar refractivity (Wildman–Crippen MR) is 100 cm³/mol. The highest BCUT2D eigenvalue weighted by molar-refractivity contribution is 7.99. The number of hydrogen-bond donors (Lipinski definition) is 2. The Morgan fingerprint density at radius 1 is 1.11 bits per heavy atom. The number of benzene rings is 2. The molecular formula is C19H15F2N3O2S. The van der Waals surface area contributed by atoms with Crippen molar-refractivity contribution in [1.82, 2.24) is 5.32 Å². The summed E-state index contributed by atoms with van der Waals surface area (Å²) >= 11 is 0.405. The van der Waals surface area contributed by atoms with Crippen molar-refractivity contribution in [3.8, 4) is 6.07 Å². The van der Waals surface area contributed by atoms with E-state index >= 15 is 0 Å². The van der Waals surface area contributed by atoms with Gasteiger partial charge in [0.1, 0.15) is 11.6 Å². The van der Waals surface area contributed by atoms with Crippen LogP contribution in [0.3, 0.4) is 0 Å². The van der Waals surface area contributed by atoms with Crippen molar-refractivity contribution in [2.75, 3.05) is 12.4 Å². The smallest absolute Gasteiger partial charge is 0.288 e. The maximum Gasteiger partial charge on any atom is 0.288 e. The standard InChI is InChI=1S/C19H15F2N3O2S/c1-23-17(25)13-4-2-12(3-5-13)10-14(11-22)18(26)24-15-6-8-16(9-7-15)27-19(20)21/h2-10,19H,1H3,(H,23,25)(H,24,26). The van der Waals surface area contributed by atoms with Crippen molar-refractivity contribution >= 4 is 35.3 Å². The van der Waals surface area contributed by atoms with Crippen molar-refractivity contribution in [2.45, 2.75) is 10.7 Å². The Balaban J connectivity index is 2.10. The SMILES string of the molecule is CNC(=O)c1ccc(C=C(C#N)C(=O)Nc2ccc(SC(F)F)cc2)cc1. The van der Waals surface area contributed by atoms with Crippen LogP contribution in [0.1, 0.15) is 15.9 Å². The number of alkyl halides is 2. The molecule has 0 spiro atoms. The van der Waals surface area contributed by atoms with Gasteiger partial charge in [-0.15, -0.1) is 0 Å². The number of carbonyl (C=O) groups excluding carboxylic acids is 2. The fraction of sp³-hybridized carbons (Fsp3) is 0.105. The van der Waals surface area contributed by atoms with E-state index in [2.05, 4.69) is 10.6 Å². The quantitative estimate of drug-likeness (QED) is 0.447. The van der Waals surface area contributed by atoms with Gasteiger partial charge in [-0.25, -0.2) is 0 Å². The summed E-state index contributed by atoms with van der Waals surface area (Å²) in [7, 11) is 1.52. The molecule has 0 aromatic heterocycles. The summed E-state index contributed by atoms with van der Waals surface area (Å²) in [5.74, 6) is -3.38. The van der Waals surface area contributed by atoms with Gasteiger partial charge in [0, 0.05) is 23.2 Å². The largest absolute Gasteiger partial charge is 0.355 e. The molecule has 5 nitrogen and oxygen atoms in total. The Bertz CT molecular complexity index is 889. The van der Waals surface area contributed by atoms with Gasteiger partial charge in [-0.1, -0.05) is 23.9 Å². The molecule has 0 fully saturated rings. The molecule has 0 heterocycles. The number of rotatable bonds is 6. The van der Waals surface area contributed by atoms with Crippen LogP contribution in [0, 0.1) is 11.3 Å². The van der Waals surface area contributed by atoms with E-state index in [9.17, 15) is 23.6 Å². The third kappa shape index (κ3) is 5.94. The van der Waals surface area contributed by atoms with Crippen LogP contribution in [0.15, 0.2) is 59.0 Å². The molecule has 27 heavy (non-hydrogen) atoms. The average Bonchev–Trinajstić information content (AvgIpc) is 2.67. The molecule has 2 amide bonds. The normalized spacial score (nSPS) is 11.0. The lowest BCUT2D eigenvalue weighted by Gasteiger charge is -2.06. The minimum absolute atomic E-state index is 0.131. The van der Waals surface area contributed by atoms with Gasteiger partial charge < -0.3 is 10.6 Å². The molecule has 2 aromatic carbocycles. The van der Waals surface area contributed by atoms with Gasteiger partial charge in [0.05, 0.1) is 0 Å². The molecule has 0 bridgehead atoms. The van der Waals surface area contributed by atoms with Crippen molar-refractivity contribution in [1.29, 1.82) is 5.26 Å². The van der Waals surface area contributed by atoms with Crippen LogP contribution in [0.5, 0.6) is 0 Å². The molecule has 138 valence electrons. The highest BCUT2D eigenvalue weighted by Gasteiger charge is 2.11. The number of carbonyl (C=O) groups is 2. The number of thioether (sulfide) groups is 1. The van der Waals surface area contributed by atoms with E-state index in [0.717, 1.165) is 0 Å². The number of nitrogens with one attached hydrogen (secondary N) is 2. The van der Waals surface area contributed by atoms with Crippen LogP contribution < -0.4 is 10.6 Å². The summed E-state index contributed by atoms with van der Waals surface area (Å²) in [5, 5.41) is 14.3. The highest BCUT2D eigenvalue weighted by Crippen LogP contribution is 2.26. The fourth-order valence-electron chi connectivity index (χ4n) is 2.11. The lowest BCUT2D eigenvalue weighted by atomic mass is 10.1. The summed E-state index contributed by atoms with van der Waals surface area (Å²) in [6, 6.07) is 14.1. The first-order valence-corrected chi connectivity index (χ1v) is 8.61. The van der Waals surface area contributed by atoms with Crippen LogP contribution in [-0.2, 0) is 4.79 Å². The van der Waals surface area contributed by atoms with Gasteiger partial charge >= 0.3 is 0 Å². The molecular weight excluding hydrogens is 372 g/mol. The van der Waals surface area contributed by atoms with E-state index in [0.29, 0.717) is 33.5 Å². The highest BCUT2D eigenvalue weighted by atomic mass is 32.2. The Morgan fingerprint density at radius 3 is 2.26 bits per heavy atom. The summed E-state index contributed by atoms with van der Waals surface area (Å²) < 4.78 is 24.6. The summed E-state index contributed by atoms with van der Waals surface area (Å²) in [4.78, 5) is 24.1. The van der Waals surface area contributed by atoms with E-state index in [1.54, 1.807) is 24.3 Å². The zero-order valence-electron chi connectivity index (χ0n) is 14.2. The molecule has 2 rings (SSSR count). The Morgan fingerprint density at radius 2 is 1.74 bits per heavy atom. The molecule has 0 aliphatic heterocycles. The molecule has 0 atom stereocenters. The summed E-state index contributed by atoms with van der Waals surface area (Å²) in [5.41, 5.74) is 1.29. The molecule has 2 aromatic rings. The lowest BCUT2D eigenvalue weighted by molar-refractivity contribution is -0.112. The average molecular weight is 387 g/mol. The number of hydrogen-bond acceptors (Lipinski definition) is 4. The van der Waals surface area contributed by atoms with Crippen molar-refractivity contribution in [3.63, 3.8) is 0 Å². The van der Waals surface area contributed by atoms with Gasteiger partial charge in [-0.3, -0.25) is 9.59 Å². The molecule has 0 radical (unpaired) electrons. The van der Waals surface area contributed by atoms with E-state index in [-0.39, 0.29) is 11.5 Å². The summed E-state index contributed by atoms with van der Waals surface area (Å²) in [6.45, 7) is 0. The van der Waals surface area contributed by atoms with Crippen molar-refractivity contribution in [2.24, 2.45) is 0 Å². The molecule has 8 heteroatoms. The second-order valence-corrected chi connectivity index (χ2v) is 6.29. The van der Waals surface area contributed by atoms with Crippen molar-refractivity contribution < 1.29 is 18.4 Å². The third-order valence-corrected chi connectivity index (χ3v) is 4.14. The van der Waals surface area contributed by atoms with E-state index in [1.165, 1.54) is 37.4 Å². The maximum absolute atomic E-state index is 12.3. The van der Waals surface area contributed by atoms with Gasteiger partial charge in [0.15, 0.2) is 0 Å². The molecule has 2 N–H and O–H groups in total.